The van der Waals surface area contributed by atoms with Crippen molar-refractivity contribution in [2.45, 2.75) is 6.82 Å². The lowest BCUT2D eigenvalue weighted by Crippen LogP contribution is -2.03. The zero-order chi connectivity index (χ0) is 8.04. The highest BCUT2D eigenvalue weighted by Gasteiger charge is 2.12. The van der Waals surface area contributed by atoms with E-state index >= 15 is 0 Å². The van der Waals surface area contributed by atoms with Crippen LogP contribution in [0.5, 0.6) is 0 Å². The predicted octanol–water partition coefficient (Wildman–Crippen LogP) is -0.220. The van der Waals surface area contributed by atoms with Crippen LogP contribution in [-0.2, 0) is 13.7 Å². The summed E-state index contributed by atoms with van der Waals surface area (Å²) in [6, 6.07) is 0. The first-order valence-electron chi connectivity index (χ1n) is 2.66. The molecule has 0 unspecified atom stereocenters. The molecule has 0 aliphatic heterocycles. The SMILES string of the molecule is C[B]OCCOP(=O)(O)O. The maximum Gasteiger partial charge on any atom is 0.469 e. The van der Waals surface area contributed by atoms with E-state index in [1.54, 1.807) is 6.82 Å². The highest BCUT2D eigenvalue weighted by atomic mass is 31.2. The van der Waals surface area contributed by atoms with Crippen molar-refractivity contribution in [3.63, 3.8) is 0 Å². The molecule has 0 aliphatic carbocycles. The summed E-state index contributed by atoms with van der Waals surface area (Å²) in [7, 11) is -2.88. The number of phosphoric ester groups is 1. The normalized spacial score (nSPS) is 11.5. The van der Waals surface area contributed by atoms with E-state index < -0.39 is 7.82 Å². The van der Waals surface area contributed by atoms with E-state index in [4.69, 9.17) is 9.79 Å². The van der Waals surface area contributed by atoms with Gasteiger partial charge in [-0.05, 0) is 0 Å². The van der Waals surface area contributed by atoms with E-state index in [1.807, 2.05) is 0 Å². The van der Waals surface area contributed by atoms with Gasteiger partial charge in [-0.3, -0.25) is 4.52 Å². The Morgan fingerprint density at radius 1 is 1.50 bits per heavy atom. The Balaban J connectivity index is 3.13. The summed E-state index contributed by atoms with van der Waals surface area (Å²) in [6.07, 6.45) is 0. The van der Waals surface area contributed by atoms with Crippen LogP contribution in [0.25, 0.3) is 0 Å². The van der Waals surface area contributed by atoms with E-state index in [9.17, 15) is 4.57 Å². The lowest BCUT2D eigenvalue weighted by molar-refractivity contribution is 0.163. The molecule has 0 rings (SSSR count). The van der Waals surface area contributed by atoms with E-state index in [1.165, 1.54) is 7.48 Å². The summed E-state index contributed by atoms with van der Waals surface area (Å²) < 4.78 is 18.7. The van der Waals surface area contributed by atoms with Gasteiger partial charge in [0.25, 0.3) is 7.48 Å². The van der Waals surface area contributed by atoms with Gasteiger partial charge in [0.15, 0.2) is 0 Å². The van der Waals surface area contributed by atoms with Crippen molar-refractivity contribution in [3.05, 3.63) is 0 Å². The first-order chi connectivity index (χ1) is 4.56. The molecular formula is C3H9BO5P. The van der Waals surface area contributed by atoms with Gasteiger partial charge in [0.1, 0.15) is 0 Å². The molecule has 0 aromatic carbocycles. The van der Waals surface area contributed by atoms with Crippen LogP contribution < -0.4 is 0 Å². The van der Waals surface area contributed by atoms with Gasteiger partial charge in [0, 0.05) is 0 Å². The largest absolute Gasteiger partial charge is 0.469 e. The van der Waals surface area contributed by atoms with Crippen LogP contribution in [0.15, 0.2) is 0 Å². The van der Waals surface area contributed by atoms with Gasteiger partial charge < -0.3 is 14.4 Å². The van der Waals surface area contributed by atoms with E-state index in [-0.39, 0.29) is 13.2 Å². The third-order valence-electron chi connectivity index (χ3n) is 0.627. The molecule has 10 heavy (non-hydrogen) atoms. The van der Waals surface area contributed by atoms with Crippen LogP contribution in [0.4, 0.5) is 0 Å². The molecule has 2 N–H and O–H groups in total. The fourth-order valence-corrected chi connectivity index (χ4v) is 0.635. The fraction of sp³-hybridized carbons (Fsp3) is 1.00. The Bertz CT molecular complexity index is 122. The summed E-state index contributed by atoms with van der Waals surface area (Å²) in [6.45, 7) is 1.72. The Kier molecular flexibility index (Phi) is 4.94. The number of hydrogen-bond acceptors (Lipinski definition) is 3. The summed E-state index contributed by atoms with van der Waals surface area (Å²) in [5.74, 6) is 0. The molecule has 0 heterocycles. The number of hydrogen-bond donors (Lipinski definition) is 2. The molecule has 7 heteroatoms. The second-order valence-electron chi connectivity index (χ2n) is 1.43. The lowest BCUT2D eigenvalue weighted by atomic mass is 10.1. The minimum atomic E-state index is -4.30. The van der Waals surface area contributed by atoms with Crippen LogP contribution >= 0.6 is 7.82 Å². The van der Waals surface area contributed by atoms with Crippen LogP contribution in [-0.4, -0.2) is 30.5 Å². The lowest BCUT2D eigenvalue weighted by Gasteiger charge is -2.03. The smallest absolute Gasteiger partial charge is 0.438 e. The van der Waals surface area contributed by atoms with Crippen LogP contribution in [0.3, 0.4) is 0 Å². The fourth-order valence-electron chi connectivity index (χ4n) is 0.322. The summed E-state index contributed by atoms with van der Waals surface area (Å²) >= 11 is 0. The highest BCUT2D eigenvalue weighted by Crippen LogP contribution is 2.35. The first kappa shape index (κ1) is 10.1. The van der Waals surface area contributed by atoms with Crippen molar-refractivity contribution >= 4 is 15.3 Å². The molecule has 5 nitrogen and oxygen atoms in total. The minimum absolute atomic E-state index is 0.103. The van der Waals surface area contributed by atoms with Gasteiger partial charge in [-0.25, -0.2) is 4.57 Å². The van der Waals surface area contributed by atoms with Gasteiger partial charge >= 0.3 is 7.82 Å². The molecule has 59 valence electrons. The Labute approximate surface area is 59.9 Å². The van der Waals surface area contributed by atoms with Crippen molar-refractivity contribution in [2.75, 3.05) is 13.2 Å². The van der Waals surface area contributed by atoms with E-state index in [2.05, 4.69) is 9.18 Å². The average molecular weight is 167 g/mol. The molecule has 0 aromatic heterocycles. The molecule has 0 saturated carbocycles. The molecule has 0 fully saturated rings. The van der Waals surface area contributed by atoms with Crippen LogP contribution in [0.2, 0.25) is 6.82 Å². The van der Waals surface area contributed by atoms with Gasteiger partial charge in [-0.2, -0.15) is 0 Å². The molecule has 0 spiro atoms. The summed E-state index contributed by atoms with van der Waals surface area (Å²) in [4.78, 5) is 16.3. The monoisotopic (exact) mass is 167 g/mol. The second kappa shape index (κ2) is 4.88. The Hall–Kier alpha value is 0.135. The van der Waals surface area contributed by atoms with Gasteiger partial charge in [0.2, 0.25) is 0 Å². The highest BCUT2D eigenvalue weighted by molar-refractivity contribution is 7.46. The van der Waals surface area contributed by atoms with Crippen molar-refractivity contribution < 1.29 is 23.5 Å². The topological polar surface area (TPSA) is 76.0 Å². The van der Waals surface area contributed by atoms with Crippen molar-refractivity contribution in [1.82, 2.24) is 0 Å². The zero-order valence-corrected chi connectivity index (χ0v) is 6.45. The molecule has 1 radical (unpaired) electrons. The first-order valence-corrected chi connectivity index (χ1v) is 4.19. The maximum absolute atomic E-state index is 10.0. The molecule has 0 saturated heterocycles. The van der Waals surface area contributed by atoms with Crippen LogP contribution in [0, 0.1) is 0 Å². The number of rotatable bonds is 5. The summed E-state index contributed by atoms with van der Waals surface area (Å²) in [5.41, 5.74) is 0. The molecule has 0 amide bonds. The molecule has 0 atom stereocenters. The molecule has 0 aliphatic rings. The summed E-state index contributed by atoms with van der Waals surface area (Å²) in [5, 5.41) is 0. The molecular weight excluding hydrogens is 158 g/mol. The minimum Gasteiger partial charge on any atom is -0.438 e. The zero-order valence-electron chi connectivity index (χ0n) is 5.56. The number of phosphoric acid groups is 1. The van der Waals surface area contributed by atoms with Gasteiger partial charge in [0.05, 0.1) is 13.2 Å². The van der Waals surface area contributed by atoms with E-state index in [0.717, 1.165) is 0 Å². The Morgan fingerprint density at radius 3 is 2.50 bits per heavy atom. The Morgan fingerprint density at radius 2 is 2.10 bits per heavy atom. The van der Waals surface area contributed by atoms with Crippen molar-refractivity contribution in [3.8, 4) is 0 Å². The third kappa shape index (κ3) is 8.13. The van der Waals surface area contributed by atoms with E-state index in [0.29, 0.717) is 0 Å². The maximum atomic E-state index is 10.0. The molecule has 0 aromatic rings. The van der Waals surface area contributed by atoms with Gasteiger partial charge in [-0.1, -0.05) is 6.82 Å². The third-order valence-corrected chi connectivity index (χ3v) is 1.15. The average Bonchev–Trinajstić information content (AvgIpc) is 1.78. The second-order valence-corrected chi connectivity index (χ2v) is 2.67. The molecule has 0 bridgehead atoms. The quantitative estimate of drug-likeness (QED) is 0.336. The standard InChI is InChI=1S/C3H9BO5P/c1-4-8-2-3-9-10(5,6)7/h2-3H2,1H3,(H2,5,6,7). The van der Waals surface area contributed by atoms with Crippen LogP contribution in [0.1, 0.15) is 0 Å². The van der Waals surface area contributed by atoms with Crippen molar-refractivity contribution in [2.24, 2.45) is 0 Å². The van der Waals surface area contributed by atoms with Crippen molar-refractivity contribution in [1.29, 1.82) is 0 Å². The van der Waals surface area contributed by atoms with Gasteiger partial charge in [-0.15, -0.1) is 0 Å². The predicted molar refractivity (Wildman–Crippen MR) is 35.6 cm³/mol.